The van der Waals surface area contributed by atoms with Crippen molar-refractivity contribution >= 4 is 0 Å². The first-order valence-corrected chi connectivity index (χ1v) is 16.0. The number of hydrogen-bond donors (Lipinski definition) is 3. The second-order valence-corrected chi connectivity index (χ2v) is 12.6. The number of benzene rings is 4. The molecule has 4 aromatic rings. The van der Waals surface area contributed by atoms with Crippen LogP contribution in [0.1, 0.15) is 49.9 Å². The van der Waals surface area contributed by atoms with Gasteiger partial charge in [-0.05, 0) is 70.8 Å². The lowest BCUT2D eigenvalue weighted by Crippen LogP contribution is -2.25. The van der Waals surface area contributed by atoms with Crippen LogP contribution in [-0.4, -0.2) is 74.7 Å². The SMILES string of the molecule is COC(O)COc1ccc(C(C)(C)c2ccc(OCC(O)COc3ccc(C(C)(C)c4ccc(OCC(O)OC)cc4)cc3)cc2)cc1. The molecule has 0 saturated carbocycles. The van der Waals surface area contributed by atoms with E-state index in [-0.39, 0.29) is 37.3 Å². The second-order valence-electron chi connectivity index (χ2n) is 12.6. The van der Waals surface area contributed by atoms with Crippen LogP contribution in [0, 0.1) is 0 Å². The third-order valence-electron chi connectivity index (χ3n) is 8.52. The molecule has 4 rings (SSSR count). The second kappa shape index (κ2) is 16.8. The number of ether oxygens (including phenoxy) is 6. The molecule has 0 spiro atoms. The molecule has 0 amide bonds. The first-order valence-electron chi connectivity index (χ1n) is 16.0. The molecule has 3 N–H and O–H groups in total. The molecular weight excluding hydrogens is 612 g/mol. The molecule has 0 heterocycles. The van der Waals surface area contributed by atoms with E-state index in [4.69, 9.17) is 28.4 Å². The standard InChI is InChI=1S/C39H48O9/c1-38(2,29-11-19-34(20-12-29)47-25-36(41)43-5)27-7-15-32(16-8-27)45-23-31(40)24-46-33-17-9-28(10-18-33)39(3,4)30-13-21-35(22-14-30)48-26-37(42)44-6/h7-22,31,36-37,40-42H,23-26H2,1-6H3. The summed E-state index contributed by atoms with van der Waals surface area (Å²) in [6, 6.07) is 31.3. The van der Waals surface area contributed by atoms with Gasteiger partial charge in [0.2, 0.25) is 0 Å². The topological polar surface area (TPSA) is 116 Å². The van der Waals surface area contributed by atoms with Crippen molar-refractivity contribution in [2.24, 2.45) is 0 Å². The molecule has 0 saturated heterocycles. The summed E-state index contributed by atoms with van der Waals surface area (Å²) in [7, 11) is 2.85. The molecule has 0 aliphatic rings. The highest BCUT2D eigenvalue weighted by molar-refractivity contribution is 5.43. The summed E-state index contributed by atoms with van der Waals surface area (Å²) in [6.07, 6.45) is -2.74. The van der Waals surface area contributed by atoms with Crippen LogP contribution in [0.3, 0.4) is 0 Å². The van der Waals surface area contributed by atoms with Gasteiger partial charge in [-0.15, -0.1) is 0 Å². The van der Waals surface area contributed by atoms with E-state index < -0.39 is 18.7 Å². The average Bonchev–Trinajstić information content (AvgIpc) is 3.11. The summed E-state index contributed by atoms with van der Waals surface area (Å²) in [5, 5.41) is 29.6. The van der Waals surface area contributed by atoms with Crippen LogP contribution in [-0.2, 0) is 20.3 Å². The third-order valence-corrected chi connectivity index (χ3v) is 8.52. The van der Waals surface area contributed by atoms with Gasteiger partial charge in [-0.1, -0.05) is 76.2 Å². The Balaban J connectivity index is 1.24. The van der Waals surface area contributed by atoms with Crippen molar-refractivity contribution in [2.45, 2.75) is 57.2 Å². The van der Waals surface area contributed by atoms with Gasteiger partial charge in [0.15, 0.2) is 12.6 Å². The first kappa shape index (κ1) is 36.7. The number of aliphatic hydroxyl groups excluding tert-OH is 3. The maximum Gasteiger partial charge on any atom is 0.188 e. The highest BCUT2D eigenvalue weighted by Crippen LogP contribution is 2.35. The van der Waals surface area contributed by atoms with Crippen LogP contribution < -0.4 is 18.9 Å². The van der Waals surface area contributed by atoms with Crippen LogP contribution in [0.5, 0.6) is 23.0 Å². The van der Waals surface area contributed by atoms with Crippen molar-refractivity contribution in [3.05, 3.63) is 119 Å². The van der Waals surface area contributed by atoms with Crippen LogP contribution >= 0.6 is 0 Å². The highest BCUT2D eigenvalue weighted by Gasteiger charge is 2.24. The predicted molar refractivity (Wildman–Crippen MR) is 184 cm³/mol. The van der Waals surface area contributed by atoms with Gasteiger partial charge in [0.1, 0.15) is 55.5 Å². The molecule has 0 bridgehead atoms. The summed E-state index contributed by atoms with van der Waals surface area (Å²) in [5.74, 6) is 2.63. The minimum Gasteiger partial charge on any atom is -0.491 e. The van der Waals surface area contributed by atoms with Gasteiger partial charge in [-0.25, -0.2) is 0 Å². The van der Waals surface area contributed by atoms with Crippen LogP contribution in [0.15, 0.2) is 97.1 Å². The van der Waals surface area contributed by atoms with E-state index in [2.05, 4.69) is 27.7 Å². The first-order chi connectivity index (χ1) is 22.9. The van der Waals surface area contributed by atoms with Gasteiger partial charge < -0.3 is 43.7 Å². The van der Waals surface area contributed by atoms with E-state index in [0.717, 1.165) is 22.3 Å². The Hall–Kier alpha value is -4.12. The Kier molecular flexibility index (Phi) is 12.9. The lowest BCUT2D eigenvalue weighted by atomic mass is 9.78. The lowest BCUT2D eigenvalue weighted by molar-refractivity contribution is -0.0970. The fraction of sp³-hybridized carbons (Fsp3) is 0.385. The molecule has 48 heavy (non-hydrogen) atoms. The molecule has 2 atom stereocenters. The maximum atomic E-state index is 10.5. The van der Waals surface area contributed by atoms with E-state index in [9.17, 15) is 15.3 Å². The van der Waals surface area contributed by atoms with Gasteiger partial charge in [0.05, 0.1) is 0 Å². The Morgan fingerprint density at radius 1 is 0.417 bits per heavy atom. The molecule has 9 heteroatoms. The van der Waals surface area contributed by atoms with E-state index >= 15 is 0 Å². The van der Waals surface area contributed by atoms with Crippen LogP contribution in [0.25, 0.3) is 0 Å². The van der Waals surface area contributed by atoms with Gasteiger partial charge >= 0.3 is 0 Å². The average molecular weight is 661 g/mol. The van der Waals surface area contributed by atoms with Crippen molar-refractivity contribution in [3.63, 3.8) is 0 Å². The quantitative estimate of drug-likeness (QED) is 0.113. The van der Waals surface area contributed by atoms with Crippen LogP contribution in [0.2, 0.25) is 0 Å². The molecule has 9 nitrogen and oxygen atoms in total. The van der Waals surface area contributed by atoms with Crippen molar-refractivity contribution in [3.8, 4) is 23.0 Å². The fourth-order valence-electron chi connectivity index (χ4n) is 5.11. The molecular formula is C39H48O9. The molecule has 2 unspecified atom stereocenters. The van der Waals surface area contributed by atoms with Gasteiger partial charge in [0.25, 0.3) is 0 Å². The van der Waals surface area contributed by atoms with Crippen molar-refractivity contribution in [1.29, 1.82) is 0 Å². The number of hydrogen-bond acceptors (Lipinski definition) is 9. The summed E-state index contributed by atoms with van der Waals surface area (Å²) in [4.78, 5) is 0. The van der Waals surface area contributed by atoms with Crippen molar-refractivity contribution in [1.82, 2.24) is 0 Å². The van der Waals surface area contributed by atoms with E-state index in [1.54, 1.807) is 0 Å². The smallest absolute Gasteiger partial charge is 0.188 e. The van der Waals surface area contributed by atoms with Gasteiger partial charge in [-0.3, -0.25) is 0 Å². The third kappa shape index (κ3) is 9.95. The minimum absolute atomic E-state index is 0.0612. The normalized spacial score (nSPS) is 13.8. The van der Waals surface area contributed by atoms with Gasteiger partial charge in [-0.2, -0.15) is 0 Å². The molecule has 0 aromatic heterocycles. The Morgan fingerprint density at radius 2 is 0.646 bits per heavy atom. The lowest BCUT2D eigenvalue weighted by Gasteiger charge is -2.27. The predicted octanol–water partition coefficient (Wildman–Crippen LogP) is 5.84. The van der Waals surface area contributed by atoms with E-state index in [1.165, 1.54) is 14.2 Å². The highest BCUT2D eigenvalue weighted by atomic mass is 16.6. The molecule has 0 radical (unpaired) electrons. The number of methoxy groups -OCH3 is 2. The number of rotatable bonds is 18. The molecule has 4 aromatic carbocycles. The van der Waals surface area contributed by atoms with Gasteiger partial charge in [0, 0.05) is 25.0 Å². The van der Waals surface area contributed by atoms with Crippen LogP contribution in [0.4, 0.5) is 0 Å². The van der Waals surface area contributed by atoms with Crippen molar-refractivity contribution < 1.29 is 43.7 Å². The summed E-state index contributed by atoms with van der Waals surface area (Å²) in [6.45, 7) is 8.90. The summed E-state index contributed by atoms with van der Waals surface area (Å²) in [5.41, 5.74) is 3.91. The molecule has 0 fully saturated rings. The Morgan fingerprint density at radius 3 is 0.875 bits per heavy atom. The van der Waals surface area contributed by atoms with E-state index in [0.29, 0.717) is 23.0 Å². The minimum atomic E-state index is -0.964. The summed E-state index contributed by atoms with van der Waals surface area (Å²) >= 11 is 0. The molecule has 0 aliphatic carbocycles. The maximum absolute atomic E-state index is 10.5. The molecule has 258 valence electrons. The zero-order chi connectivity index (χ0) is 34.7. The fourth-order valence-corrected chi connectivity index (χ4v) is 5.11. The van der Waals surface area contributed by atoms with E-state index in [1.807, 2.05) is 97.1 Å². The zero-order valence-electron chi connectivity index (χ0n) is 28.6. The summed E-state index contributed by atoms with van der Waals surface area (Å²) < 4.78 is 32.4. The van der Waals surface area contributed by atoms with Crippen molar-refractivity contribution in [2.75, 3.05) is 40.6 Å². The largest absolute Gasteiger partial charge is 0.491 e. The monoisotopic (exact) mass is 660 g/mol. The Labute approximate surface area is 283 Å². The zero-order valence-corrected chi connectivity index (χ0v) is 28.6. The molecule has 0 aliphatic heterocycles. The number of aliphatic hydroxyl groups is 3. The Bertz CT molecular complexity index is 1400.